The summed E-state index contributed by atoms with van der Waals surface area (Å²) in [6.07, 6.45) is 2.03. The van der Waals surface area contributed by atoms with Crippen LogP contribution in [0.4, 0.5) is 10.1 Å². The smallest absolute Gasteiger partial charge is 0.194 e. The molecule has 1 aromatic carbocycles. The molecule has 2 heterocycles. The zero-order valence-electron chi connectivity index (χ0n) is 14.7. The lowest BCUT2D eigenvalue weighted by molar-refractivity contribution is 0.370. The molecule has 1 N–H and O–H groups in total. The van der Waals surface area contributed by atoms with Crippen molar-refractivity contribution in [1.82, 2.24) is 14.8 Å². The number of aliphatic imine (C=N–C) groups is 1. The molecule has 1 aromatic heterocycles. The first-order chi connectivity index (χ1) is 11.7. The normalized spacial score (nSPS) is 15.1. The Bertz CT molecular complexity index is 707. The molecule has 136 valence electrons. The van der Waals surface area contributed by atoms with E-state index in [4.69, 9.17) is 0 Å². The predicted octanol–water partition coefficient (Wildman–Crippen LogP) is 2.68. The van der Waals surface area contributed by atoms with Gasteiger partial charge in [0, 0.05) is 52.2 Å². The van der Waals surface area contributed by atoms with Crippen molar-refractivity contribution in [3.63, 3.8) is 0 Å². The number of aryl methyl sites for hydroxylation is 1. The number of hydrogen-bond donors (Lipinski definition) is 1. The van der Waals surface area contributed by atoms with Crippen LogP contribution >= 0.6 is 24.0 Å². The Hall–Kier alpha value is -1.77. The van der Waals surface area contributed by atoms with Gasteiger partial charge in [-0.1, -0.05) is 12.1 Å². The van der Waals surface area contributed by atoms with Crippen LogP contribution in [0.3, 0.4) is 0 Å². The molecule has 0 unspecified atom stereocenters. The first-order valence-electron chi connectivity index (χ1n) is 8.24. The van der Waals surface area contributed by atoms with Gasteiger partial charge in [0.25, 0.3) is 0 Å². The molecule has 7 heteroatoms. The highest BCUT2D eigenvalue weighted by Gasteiger charge is 2.21. The minimum Gasteiger partial charge on any atom is -0.366 e. The molecule has 0 saturated carbocycles. The van der Waals surface area contributed by atoms with E-state index in [0.29, 0.717) is 5.69 Å². The lowest BCUT2D eigenvalue weighted by Gasteiger charge is -2.37. The van der Waals surface area contributed by atoms with Crippen molar-refractivity contribution < 1.29 is 4.39 Å². The molecular weight excluding hydrogens is 432 g/mol. The average Bonchev–Trinajstić information content (AvgIpc) is 3.02. The van der Waals surface area contributed by atoms with Crippen LogP contribution in [-0.2, 0) is 13.6 Å². The lowest BCUT2D eigenvalue weighted by atomic mass is 10.2. The third-order valence-corrected chi connectivity index (χ3v) is 4.46. The van der Waals surface area contributed by atoms with Crippen molar-refractivity contribution in [1.29, 1.82) is 0 Å². The van der Waals surface area contributed by atoms with E-state index < -0.39 is 0 Å². The van der Waals surface area contributed by atoms with E-state index in [1.54, 1.807) is 13.1 Å². The van der Waals surface area contributed by atoms with Gasteiger partial charge in [0.05, 0.1) is 12.2 Å². The summed E-state index contributed by atoms with van der Waals surface area (Å²) in [5.74, 6) is 0.738. The van der Waals surface area contributed by atoms with Crippen molar-refractivity contribution in [2.24, 2.45) is 12.0 Å². The minimum absolute atomic E-state index is 0. The summed E-state index contributed by atoms with van der Waals surface area (Å²) in [4.78, 5) is 8.70. The molecule has 5 nitrogen and oxygen atoms in total. The van der Waals surface area contributed by atoms with Crippen molar-refractivity contribution in [2.75, 3.05) is 38.1 Å². The fourth-order valence-electron chi connectivity index (χ4n) is 3.05. The second kappa shape index (κ2) is 9.07. The summed E-state index contributed by atoms with van der Waals surface area (Å²) < 4.78 is 16.0. The fourth-order valence-corrected chi connectivity index (χ4v) is 3.05. The van der Waals surface area contributed by atoms with Crippen molar-refractivity contribution >= 4 is 35.6 Å². The number of rotatable bonds is 3. The van der Waals surface area contributed by atoms with Crippen LogP contribution in [-0.4, -0.2) is 48.7 Å². The summed E-state index contributed by atoms with van der Waals surface area (Å²) in [5.41, 5.74) is 1.89. The fraction of sp³-hybridized carbons (Fsp3) is 0.389. The van der Waals surface area contributed by atoms with Gasteiger partial charge in [-0.3, -0.25) is 4.99 Å². The summed E-state index contributed by atoms with van der Waals surface area (Å²) in [7, 11) is 3.84. The number of halogens is 2. The average molecular weight is 457 g/mol. The molecule has 0 amide bonds. The van der Waals surface area contributed by atoms with Gasteiger partial charge >= 0.3 is 0 Å². The number of nitrogens with zero attached hydrogens (tertiary/aromatic N) is 4. The molecule has 0 aliphatic carbocycles. The molecule has 2 aromatic rings. The second-order valence-corrected chi connectivity index (χ2v) is 5.94. The molecule has 1 fully saturated rings. The number of guanidine groups is 1. The number of piperazine rings is 1. The van der Waals surface area contributed by atoms with Crippen LogP contribution in [0, 0.1) is 5.82 Å². The molecule has 0 bridgehead atoms. The number of aromatic nitrogens is 1. The number of para-hydroxylation sites is 1. The zero-order chi connectivity index (χ0) is 16.9. The van der Waals surface area contributed by atoms with Crippen LogP contribution in [0.5, 0.6) is 0 Å². The third kappa shape index (κ3) is 4.65. The van der Waals surface area contributed by atoms with Crippen LogP contribution in [0.1, 0.15) is 5.69 Å². The van der Waals surface area contributed by atoms with Crippen LogP contribution in [0.2, 0.25) is 0 Å². The summed E-state index contributed by atoms with van der Waals surface area (Å²) in [6, 6.07) is 11.1. The van der Waals surface area contributed by atoms with Gasteiger partial charge in [-0.25, -0.2) is 4.39 Å². The Morgan fingerprint density at radius 3 is 2.44 bits per heavy atom. The number of nitrogens with one attached hydrogen (secondary N) is 1. The maximum Gasteiger partial charge on any atom is 0.194 e. The summed E-state index contributed by atoms with van der Waals surface area (Å²) in [5, 5.41) is 3.41. The van der Waals surface area contributed by atoms with Gasteiger partial charge in [0.1, 0.15) is 5.82 Å². The largest absolute Gasteiger partial charge is 0.366 e. The van der Waals surface area contributed by atoms with Crippen LogP contribution in [0.15, 0.2) is 47.6 Å². The van der Waals surface area contributed by atoms with E-state index in [0.717, 1.165) is 38.7 Å². The molecule has 1 aliphatic rings. The standard InChI is InChI=1S/C18H24FN5.HI/c1-20-18(21-14-15-6-5-9-22(15)2)24-12-10-23(11-13-24)17-8-4-3-7-16(17)19;/h3-9H,10-14H2,1-2H3,(H,20,21);1H. The van der Waals surface area contributed by atoms with E-state index in [1.165, 1.54) is 11.8 Å². The third-order valence-electron chi connectivity index (χ3n) is 4.46. The van der Waals surface area contributed by atoms with Crippen LogP contribution in [0.25, 0.3) is 0 Å². The maximum atomic E-state index is 13.9. The Morgan fingerprint density at radius 2 is 1.84 bits per heavy atom. The lowest BCUT2D eigenvalue weighted by Crippen LogP contribution is -2.52. The molecule has 0 radical (unpaired) electrons. The van der Waals surface area contributed by atoms with Crippen LogP contribution < -0.4 is 10.2 Å². The highest BCUT2D eigenvalue weighted by Crippen LogP contribution is 2.20. The topological polar surface area (TPSA) is 35.8 Å². The Balaban J connectivity index is 0.00000225. The van der Waals surface area contributed by atoms with Gasteiger partial charge in [0.15, 0.2) is 5.96 Å². The Morgan fingerprint density at radius 1 is 1.12 bits per heavy atom. The van der Waals surface area contributed by atoms with E-state index >= 15 is 0 Å². The van der Waals surface area contributed by atoms with E-state index in [-0.39, 0.29) is 29.8 Å². The number of anilines is 1. The minimum atomic E-state index is -0.155. The van der Waals surface area contributed by atoms with Gasteiger partial charge in [-0.15, -0.1) is 24.0 Å². The Kier molecular flexibility index (Phi) is 7.10. The second-order valence-electron chi connectivity index (χ2n) is 5.94. The highest BCUT2D eigenvalue weighted by molar-refractivity contribution is 14.0. The molecular formula is C18H25FIN5. The quantitative estimate of drug-likeness (QED) is 0.438. The van der Waals surface area contributed by atoms with Crippen molar-refractivity contribution in [3.8, 4) is 0 Å². The Labute approximate surface area is 165 Å². The van der Waals surface area contributed by atoms with Crippen molar-refractivity contribution in [2.45, 2.75) is 6.54 Å². The molecule has 0 spiro atoms. The number of hydrogen-bond acceptors (Lipinski definition) is 2. The van der Waals surface area contributed by atoms with E-state index in [1.807, 2.05) is 31.4 Å². The van der Waals surface area contributed by atoms with Gasteiger partial charge in [-0.05, 0) is 24.3 Å². The maximum absolute atomic E-state index is 13.9. The molecule has 25 heavy (non-hydrogen) atoms. The number of benzene rings is 1. The first kappa shape index (κ1) is 19.6. The summed E-state index contributed by atoms with van der Waals surface area (Å²) in [6.45, 7) is 3.95. The molecule has 1 aliphatic heterocycles. The zero-order valence-corrected chi connectivity index (χ0v) is 17.0. The van der Waals surface area contributed by atoms with Gasteiger partial charge < -0.3 is 19.7 Å². The molecule has 0 atom stereocenters. The highest BCUT2D eigenvalue weighted by atomic mass is 127. The SMILES string of the molecule is CN=C(NCc1cccn1C)N1CCN(c2ccccc2F)CC1.I. The summed E-state index contributed by atoms with van der Waals surface area (Å²) >= 11 is 0. The molecule has 3 rings (SSSR count). The van der Waals surface area contributed by atoms with E-state index in [2.05, 4.69) is 30.7 Å². The van der Waals surface area contributed by atoms with Gasteiger partial charge in [-0.2, -0.15) is 0 Å². The first-order valence-corrected chi connectivity index (χ1v) is 8.24. The predicted molar refractivity (Wildman–Crippen MR) is 111 cm³/mol. The van der Waals surface area contributed by atoms with Gasteiger partial charge in [0.2, 0.25) is 0 Å². The van der Waals surface area contributed by atoms with Crippen molar-refractivity contribution in [3.05, 3.63) is 54.1 Å². The van der Waals surface area contributed by atoms with E-state index in [9.17, 15) is 4.39 Å². The monoisotopic (exact) mass is 457 g/mol. The molecule has 1 saturated heterocycles.